The van der Waals surface area contributed by atoms with Gasteiger partial charge in [-0.2, -0.15) is 0 Å². The lowest BCUT2D eigenvalue weighted by atomic mass is 10.0. The fraction of sp³-hybridized carbons (Fsp3) is 0.571. The fourth-order valence-corrected chi connectivity index (χ4v) is 2.23. The van der Waals surface area contributed by atoms with Crippen LogP contribution in [0.15, 0.2) is 24.3 Å². The van der Waals surface area contributed by atoms with E-state index in [1.807, 2.05) is 0 Å². The highest BCUT2D eigenvalue weighted by Gasteiger charge is 2.33. The molecule has 0 spiro atoms. The zero-order chi connectivity index (χ0) is 11.8. The van der Waals surface area contributed by atoms with Crippen LogP contribution in [0.2, 0.25) is 0 Å². The fourth-order valence-electron chi connectivity index (χ4n) is 2.23. The molecular weight excluding hydrogens is 201 g/mol. The lowest BCUT2D eigenvalue weighted by molar-refractivity contribution is 0.221. The van der Waals surface area contributed by atoms with Crippen molar-refractivity contribution >= 4 is 5.69 Å². The number of hydrogen-bond acceptors (Lipinski definition) is 1. The number of benzene rings is 1. The van der Waals surface area contributed by atoms with Crippen molar-refractivity contribution in [3.05, 3.63) is 29.8 Å². The third kappa shape index (κ3) is 2.37. The van der Waals surface area contributed by atoms with Gasteiger partial charge in [0.1, 0.15) is 5.67 Å². The van der Waals surface area contributed by atoms with Crippen LogP contribution in [0.4, 0.5) is 10.1 Å². The molecule has 1 saturated heterocycles. The van der Waals surface area contributed by atoms with E-state index in [1.54, 1.807) is 6.92 Å². The van der Waals surface area contributed by atoms with Gasteiger partial charge in [-0.15, -0.1) is 0 Å². The number of anilines is 1. The maximum Gasteiger partial charge on any atom is 0.127 e. The average Bonchev–Trinajstić information content (AvgIpc) is 2.59. The van der Waals surface area contributed by atoms with Crippen molar-refractivity contribution in [3.8, 4) is 0 Å². The van der Waals surface area contributed by atoms with Gasteiger partial charge < -0.3 is 4.90 Å². The van der Waals surface area contributed by atoms with E-state index in [-0.39, 0.29) is 0 Å². The first-order valence-electron chi connectivity index (χ1n) is 6.02. The molecule has 0 radical (unpaired) electrons. The Morgan fingerprint density at radius 3 is 2.69 bits per heavy atom. The van der Waals surface area contributed by atoms with Gasteiger partial charge in [0.15, 0.2) is 0 Å². The van der Waals surface area contributed by atoms with Crippen LogP contribution in [0.1, 0.15) is 38.7 Å². The molecule has 0 amide bonds. The molecule has 0 bridgehead atoms. The molecule has 0 saturated carbocycles. The molecule has 1 unspecified atom stereocenters. The molecule has 0 N–H and O–H groups in total. The Morgan fingerprint density at radius 2 is 2.12 bits per heavy atom. The van der Waals surface area contributed by atoms with Gasteiger partial charge in [-0.3, -0.25) is 0 Å². The smallest absolute Gasteiger partial charge is 0.127 e. The summed E-state index contributed by atoms with van der Waals surface area (Å²) in [6.07, 6.45) is 0.638. The number of rotatable bonds is 2. The standard InChI is InChI=1S/C14H20FN/c1-11(2)12-5-4-6-13(9-12)16-8-7-14(3,15)10-16/h4-6,9,11H,7-8,10H2,1-3H3. The zero-order valence-electron chi connectivity index (χ0n) is 10.3. The Labute approximate surface area is 97.3 Å². The summed E-state index contributed by atoms with van der Waals surface area (Å²) in [4.78, 5) is 2.14. The minimum absolute atomic E-state index is 0.522. The predicted octanol–water partition coefficient (Wildman–Crippen LogP) is 3.75. The van der Waals surface area contributed by atoms with E-state index in [2.05, 4.69) is 43.0 Å². The molecule has 1 atom stereocenters. The molecule has 16 heavy (non-hydrogen) atoms. The monoisotopic (exact) mass is 221 g/mol. The Morgan fingerprint density at radius 1 is 1.38 bits per heavy atom. The Bertz CT molecular complexity index is 371. The van der Waals surface area contributed by atoms with Gasteiger partial charge in [-0.05, 0) is 30.5 Å². The number of hydrogen-bond donors (Lipinski definition) is 0. The quantitative estimate of drug-likeness (QED) is 0.735. The molecule has 88 valence electrons. The highest BCUT2D eigenvalue weighted by Crippen LogP contribution is 2.30. The van der Waals surface area contributed by atoms with Crippen molar-refractivity contribution in [3.63, 3.8) is 0 Å². The van der Waals surface area contributed by atoms with Gasteiger partial charge in [0.2, 0.25) is 0 Å². The van der Waals surface area contributed by atoms with Crippen molar-refractivity contribution in [1.82, 2.24) is 0 Å². The van der Waals surface area contributed by atoms with Crippen LogP contribution in [-0.2, 0) is 0 Å². The summed E-state index contributed by atoms with van der Waals surface area (Å²) in [5.41, 5.74) is 1.46. The summed E-state index contributed by atoms with van der Waals surface area (Å²) in [5.74, 6) is 0.527. The molecule has 1 aliphatic heterocycles. The summed E-state index contributed by atoms with van der Waals surface area (Å²) in [6.45, 7) is 7.41. The Kier molecular flexibility index (Phi) is 2.92. The summed E-state index contributed by atoms with van der Waals surface area (Å²) >= 11 is 0. The van der Waals surface area contributed by atoms with E-state index >= 15 is 0 Å². The third-order valence-corrected chi connectivity index (χ3v) is 3.33. The minimum Gasteiger partial charge on any atom is -0.368 e. The Balaban J connectivity index is 2.19. The summed E-state index contributed by atoms with van der Waals surface area (Å²) < 4.78 is 13.8. The van der Waals surface area contributed by atoms with Crippen molar-refractivity contribution in [2.24, 2.45) is 0 Å². The van der Waals surface area contributed by atoms with E-state index in [4.69, 9.17) is 0 Å². The maximum absolute atomic E-state index is 13.8. The highest BCUT2D eigenvalue weighted by atomic mass is 19.1. The van der Waals surface area contributed by atoms with E-state index in [0.717, 1.165) is 12.2 Å². The van der Waals surface area contributed by atoms with Gasteiger partial charge in [-0.1, -0.05) is 26.0 Å². The first-order valence-corrected chi connectivity index (χ1v) is 6.02. The van der Waals surface area contributed by atoms with Crippen LogP contribution in [0.25, 0.3) is 0 Å². The summed E-state index contributed by atoms with van der Waals surface area (Å²) in [5, 5.41) is 0. The van der Waals surface area contributed by atoms with Gasteiger partial charge in [0, 0.05) is 18.7 Å². The van der Waals surface area contributed by atoms with Crippen LogP contribution in [0.3, 0.4) is 0 Å². The molecule has 1 aromatic rings. The summed E-state index contributed by atoms with van der Waals surface area (Å²) in [6, 6.07) is 8.47. The van der Waals surface area contributed by atoms with Crippen molar-refractivity contribution in [2.75, 3.05) is 18.0 Å². The van der Waals surface area contributed by atoms with Gasteiger partial charge in [0.25, 0.3) is 0 Å². The second-order valence-corrected chi connectivity index (χ2v) is 5.33. The summed E-state index contributed by atoms with van der Waals surface area (Å²) in [7, 11) is 0. The molecule has 1 aliphatic rings. The third-order valence-electron chi connectivity index (χ3n) is 3.33. The lowest BCUT2D eigenvalue weighted by Gasteiger charge is -2.20. The first-order chi connectivity index (χ1) is 7.48. The van der Waals surface area contributed by atoms with Gasteiger partial charge >= 0.3 is 0 Å². The predicted molar refractivity (Wildman–Crippen MR) is 66.9 cm³/mol. The molecular formula is C14H20FN. The second kappa shape index (κ2) is 4.08. The average molecular weight is 221 g/mol. The molecule has 1 heterocycles. The van der Waals surface area contributed by atoms with Crippen LogP contribution < -0.4 is 4.90 Å². The van der Waals surface area contributed by atoms with Crippen LogP contribution in [0.5, 0.6) is 0 Å². The molecule has 0 aromatic heterocycles. The van der Waals surface area contributed by atoms with Gasteiger partial charge in [0.05, 0.1) is 6.54 Å². The first kappa shape index (κ1) is 11.4. The molecule has 2 rings (SSSR count). The van der Waals surface area contributed by atoms with Crippen LogP contribution in [-0.4, -0.2) is 18.8 Å². The van der Waals surface area contributed by atoms with Crippen molar-refractivity contribution < 1.29 is 4.39 Å². The van der Waals surface area contributed by atoms with E-state index in [0.29, 0.717) is 18.9 Å². The molecule has 1 nitrogen and oxygen atoms in total. The normalized spacial score (nSPS) is 25.4. The van der Waals surface area contributed by atoms with E-state index in [1.165, 1.54) is 5.56 Å². The van der Waals surface area contributed by atoms with Crippen molar-refractivity contribution in [1.29, 1.82) is 0 Å². The highest BCUT2D eigenvalue weighted by molar-refractivity contribution is 5.50. The maximum atomic E-state index is 13.8. The van der Waals surface area contributed by atoms with Crippen molar-refractivity contribution in [2.45, 2.75) is 38.8 Å². The van der Waals surface area contributed by atoms with Crippen LogP contribution >= 0.6 is 0 Å². The zero-order valence-corrected chi connectivity index (χ0v) is 10.3. The van der Waals surface area contributed by atoms with Crippen LogP contribution in [0, 0.1) is 0 Å². The van der Waals surface area contributed by atoms with E-state index < -0.39 is 5.67 Å². The minimum atomic E-state index is -1.02. The number of nitrogens with zero attached hydrogens (tertiary/aromatic N) is 1. The number of halogens is 1. The lowest BCUT2D eigenvalue weighted by Crippen LogP contribution is -2.25. The topological polar surface area (TPSA) is 3.24 Å². The molecule has 0 aliphatic carbocycles. The molecule has 1 fully saturated rings. The molecule has 1 aromatic carbocycles. The molecule has 2 heteroatoms. The second-order valence-electron chi connectivity index (χ2n) is 5.33. The number of alkyl halides is 1. The van der Waals surface area contributed by atoms with Gasteiger partial charge in [-0.25, -0.2) is 4.39 Å². The van der Waals surface area contributed by atoms with E-state index in [9.17, 15) is 4.39 Å². The SMILES string of the molecule is CC(C)c1cccc(N2CCC(C)(F)C2)c1. The Hall–Kier alpha value is -1.05. The largest absolute Gasteiger partial charge is 0.368 e.